The summed E-state index contributed by atoms with van der Waals surface area (Å²) in [4.78, 5) is 2.71. The Labute approximate surface area is 91.8 Å². The van der Waals surface area contributed by atoms with Gasteiger partial charge in [-0.25, -0.2) is 0 Å². The fourth-order valence-electron chi connectivity index (χ4n) is 2.82. The molecule has 1 saturated carbocycles. The van der Waals surface area contributed by atoms with Crippen molar-refractivity contribution in [3.63, 3.8) is 0 Å². The number of rotatable bonds is 3. The number of nitrogens with one attached hydrogen (secondary N) is 1. The van der Waals surface area contributed by atoms with Crippen LogP contribution in [0.1, 0.15) is 25.7 Å². The van der Waals surface area contributed by atoms with E-state index >= 15 is 0 Å². The number of likely N-dealkylation sites (N-methyl/N-ethyl adjacent to an activating group) is 1. The molecule has 2 rings (SSSR count). The van der Waals surface area contributed by atoms with Crippen LogP contribution in [0.25, 0.3) is 0 Å². The van der Waals surface area contributed by atoms with Crippen LogP contribution in [0.5, 0.6) is 0 Å². The first kappa shape index (κ1) is 10.8. The lowest BCUT2D eigenvalue weighted by atomic mass is 10.2. The quantitative estimate of drug-likeness (QED) is 0.767. The minimum Gasteiger partial charge on any atom is -0.316 e. The fourth-order valence-corrected chi connectivity index (χ4v) is 3.60. The van der Waals surface area contributed by atoms with E-state index in [-0.39, 0.29) is 0 Å². The highest BCUT2D eigenvalue weighted by atomic mass is 32.2. The first-order valence-corrected chi connectivity index (χ1v) is 7.06. The Morgan fingerprint density at radius 3 is 2.71 bits per heavy atom. The van der Waals surface area contributed by atoms with Crippen molar-refractivity contribution in [2.45, 2.75) is 43.0 Å². The van der Waals surface area contributed by atoms with Gasteiger partial charge in [0.1, 0.15) is 0 Å². The number of thioether (sulfide) groups is 1. The summed E-state index contributed by atoms with van der Waals surface area (Å²) in [5, 5.41) is 4.33. The average molecular weight is 214 g/mol. The summed E-state index contributed by atoms with van der Waals surface area (Å²) < 4.78 is 0. The van der Waals surface area contributed by atoms with Crippen LogP contribution in [0, 0.1) is 0 Å². The molecule has 0 amide bonds. The van der Waals surface area contributed by atoms with Crippen LogP contribution in [0.15, 0.2) is 0 Å². The van der Waals surface area contributed by atoms with Crippen molar-refractivity contribution >= 4 is 11.8 Å². The summed E-state index contributed by atoms with van der Waals surface area (Å²) in [5.74, 6) is 0. The van der Waals surface area contributed by atoms with E-state index in [1.165, 1.54) is 38.8 Å². The molecule has 82 valence electrons. The SMILES string of the molecule is CNC1CCN(C2CCC(SC)C2)C1. The lowest BCUT2D eigenvalue weighted by Crippen LogP contribution is -2.35. The third-order valence-corrected chi connectivity index (χ3v) is 4.93. The van der Waals surface area contributed by atoms with E-state index in [0.717, 1.165) is 17.3 Å². The van der Waals surface area contributed by atoms with Gasteiger partial charge in [-0.15, -0.1) is 0 Å². The zero-order valence-electron chi connectivity index (χ0n) is 9.33. The molecule has 14 heavy (non-hydrogen) atoms. The fraction of sp³-hybridized carbons (Fsp3) is 1.00. The molecule has 1 aliphatic heterocycles. The largest absolute Gasteiger partial charge is 0.316 e. The summed E-state index contributed by atoms with van der Waals surface area (Å²) in [5.41, 5.74) is 0. The number of likely N-dealkylation sites (tertiary alicyclic amines) is 1. The van der Waals surface area contributed by atoms with E-state index in [1.54, 1.807) is 0 Å². The molecule has 2 fully saturated rings. The van der Waals surface area contributed by atoms with Crippen LogP contribution in [0.3, 0.4) is 0 Å². The summed E-state index contributed by atoms with van der Waals surface area (Å²) in [6.45, 7) is 2.60. The van der Waals surface area contributed by atoms with Crippen LogP contribution in [-0.2, 0) is 0 Å². The molecule has 2 nitrogen and oxygen atoms in total. The van der Waals surface area contributed by atoms with Gasteiger partial charge in [0.2, 0.25) is 0 Å². The second kappa shape index (κ2) is 4.86. The van der Waals surface area contributed by atoms with Crippen molar-refractivity contribution in [3.05, 3.63) is 0 Å². The molecule has 1 saturated heterocycles. The molecular weight excluding hydrogens is 192 g/mol. The van der Waals surface area contributed by atoms with Crippen LogP contribution < -0.4 is 5.32 Å². The summed E-state index contributed by atoms with van der Waals surface area (Å²) in [6.07, 6.45) is 7.90. The van der Waals surface area contributed by atoms with Gasteiger partial charge in [0, 0.05) is 30.4 Å². The van der Waals surface area contributed by atoms with Gasteiger partial charge < -0.3 is 5.32 Å². The van der Waals surface area contributed by atoms with Crippen LogP contribution in [0.2, 0.25) is 0 Å². The monoisotopic (exact) mass is 214 g/mol. The molecule has 1 N–H and O–H groups in total. The lowest BCUT2D eigenvalue weighted by molar-refractivity contribution is 0.241. The highest BCUT2D eigenvalue weighted by Gasteiger charge is 2.32. The first-order valence-electron chi connectivity index (χ1n) is 5.77. The highest BCUT2D eigenvalue weighted by Crippen LogP contribution is 2.32. The van der Waals surface area contributed by atoms with Gasteiger partial charge in [-0.1, -0.05) is 0 Å². The standard InChI is InChI=1S/C11H22N2S/c1-12-9-5-6-13(8-9)10-3-4-11(7-10)14-2/h9-12H,3-8H2,1-2H3. The molecule has 3 unspecified atom stereocenters. The van der Waals surface area contributed by atoms with Crippen molar-refractivity contribution in [1.29, 1.82) is 0 Å². The van der Waals surface area contributed by atoms with Crippen molar-refractivity contribution in [1.82, 2.24) is 10.2 Å². The maximum absolute atomic E-state index is 3.40. The molecular formula is C11H22N2S. The molecule has 0 bridgehead atoms. The van der Waals surface area contributed by atoms with E-state index in [0.29, 0.717) is 0 Å². The van der Waals surface area contributed by atoms with Crippen molar-refractivity contribution in [3.8, 4) is 0 Å². The highest BCUT2D eigenvalue weighted by molar-refractivity contribution is 7.99. The predicted molar refractivity (Wildman–Crippen MR) is 64.0 cm³/mol. The molecule has 3 heteroatoms. The maximum Gasteiger partial charge on any atom is 0.0204 e. The maximum atomic E-state index is 3.40. The average Bonchev–Trinajstić information content (AvgIpc) is 2.86. The van der Waals surface area contributed by atoms with Gasteiger partial charge in [0.15, 0.2) is 0 Å². The summed E-state index contributed by atoms with van der Waals surface area (Å²) in [7, 11) is 2.09. The zero-order valence-corrected chi connectivity index (χ0v) is 10.1. The third-order valence-electron chi connectivity index (χ3n) is 3.83. The molecule has 0 radical (unpaired) electrons. The van der Waals surface area contributed by atoms with Crippen LogP contribution >= 0.6 is 11.8 Å². The van der Waals surface area contributed by atoms with Crippen LogP contribution in [-0.4, -0.2) is 48.6 Å². The lowest BCUT2D eigenvalue weighted by Gasteiger charge is -2.23. The molecule has 0 aromatic carbocycles. The van der Waals surface area contributed by atoms with E-state index in [1.807, 2.05) is 0 Å². The number of hydrogen-bond acceptors (Lipinski definition) is 3. The Hall–Kier alpha value is 0.270. The van der Waals surface area contributed by atoms with Gasteiger partial charge in [0.05, 0.1) is 0 Å². The topological polar surface area (TPSA) is 15.3 Å². The number of nitrogens with zero attached hydrogens (tertiary/aromatic N) is 1. The molecule has 0 aromatic rings. The van der Waals surface area contributed by atoms with Crippen LogP contribution in [0.4, 0.5) is 0 Å². The summed E-state index contributed by atoms with van der Waals surface area (Å²) >= 11 is 2.06. The Bertz CT molecular complexity index is 166. The zero-order chi connectivity index (χ0) is 9.97. The smallest absolute Gasteiger partial charge is 0.0204 e. The predicted octanol–water partition coefficient (Wildman–Crippen LogP) is 1.56. The van der Waals surface area contributed by atoms with Gasteiger partial charge in [-0.05, 0) is 39.0 Å². The summed E-state index contributed by atoms with van der Waals surface area (Å²) in [6, 6.07) is 1.65. The molecule has 3 atom stereocenters. The Balaban J connectivity index is 1.80. The number of hydrogen-bond donors (Lipinski definition) is 1. The third kappa shape index (κ3) is 2.26. The normalized spacial score (nSPS) is 39.4. The van der Waals surface area contributed by atoms with Crippen molar-refractivity contribution in [2.75, 3.05) is 26.4 Å². The Kier molecular flexibility index (Phi) is 3.74. The van der Waals surface area contributed by atoms with Gasteiger partial charge in [-0.2, -0.15) is 11.8 Å². The van der Waals surface area contributed by atoms with E-state index in [2.05, 4.69) is 35.3 Å². The molecule has 2 aliphatic rings. The second-order valence-electron chi connectivity index (χ2n) is 4.59. The molecule has 1 aliphatic carbocycles. The van der Waals surface area contributed by atoms with Crippen molar-refractivity contribution in [2.24, 2.45) is 0 Å². The van der Waals surface area contributed by atoms with Gasteiger partial charge in [-0.3, -0.25) is 4.90 Å². The second-order valence-corrected chi connectivity index (χ2v) is 5.73. The minimum atomic E-state index is 0.753. The van der Waals surface area contributed by atoms with E-state index in [9.17, 15) is 0 Å². The van der Waals surface area contributed by atoms with Crippen molar-refractivity contribution < 1.29 is 0 Å². The molecule has 0 spiro atoms. The molecule has 0 aromatic heterocycles. The molecule has 1 heterocycles. The Morgan fingerprint density at radius 1 is 1.29 bits per heavy atom. The van der Waals surface area contributed by atoms with Gasteiger partial charge >= 0.3 is 0 Å². The first-order chi connectivity index (χ1) is 6.83. The Morgan fingerprint density at radius 2 is 2.14 bits per heavy atom. The van der Waals surface area contributed by atoms with Gasteiger partial charge in [0.25, 0.3) is 0 Å². The van der Waals surface area contributed by atoms with E-state index in [4.69, 9.17) is 0 Å². The minimum absolute atomic E-state index is 0.753. The van der Waals surface area contributed by atoms with E-state index < -0.39 is 0 Å².